The van der Waals surface area contributed by atoms with Gasteiger partial charge in [-0.15, -0.1) is 0 Å². The highest BCUT2D eigenvalue weighted by atomic mass is 16.6. The van der Waals surface area contributed by atoms with Gasteiger partial charge in [0.1, 0.15) is 0 Å². The van der Waals surface area contributed by atoms with Gasteiger partial charge < -0.3 is 10.4 Å². The van der Waals surface area contributed by atoms with Gasteiger partial charge in [-0.1, -0.05) is 19.1 Å². The van der Waals surface area contributed by atoms with Crippen LogP contribution in [0.3, 0.4) is 0 Å². The van der Waals surface area contributed by atoms with Crippen LogP contribution in [0.2, 0.25) is 0 Å². The summed E-state index contributed by atoms with van der Waals surface area (Å²) in [7, 11) is 0. The zero-order valence-electron chi connectivity index (χ0n) is 11.0. The number of nitro benzene ring substituents is 1. The molecule has 108 valence electrons. The molecular formula is C13H16N2O5. The first-order chi connectivity index (χ1) is 9.43. The van der Waals surface area contributed by atoms with Crippen LogP contribution in [0.25, 0.3) is 0 Å². The lowest BCUT2D eigenvalue weighted by Crippen LogP contribution is -2.33. The average Bonchev–Trinajstić information content (AvgIpc) is 2.39. The number of carbonyl (C=O) groups excluding carboxylic acids is 1. The van der Waals surface area contributed by atoms with E-state index in [0.717, 1.165) is 0 Å². The molecule has 0 aromatic heterocycles. The highest BCUT2D eigenvalue weighted by molar-refractivity contribution is 5.79. The van der Waals surface area contributed by atoms with Crippen molar-refractivity contribution in [3.8, 4) is 0 Å². The fourth-order valence-corrected chi connectivity index (χ4v) is 1.67. The minimum absolute atomic E-state index is 0.0161. The van der Waals surface area contributed by atoms with Crippen molar-refractivity contribution in [3.05, 3.63) is 39.9 Å². The van der Waals surface area contributed by atoms with Crippen molar-refractivity contribution in [3.63, 3.8) is 0 Å². The third kappa shape index (κ3) is 4.68. The van der Waals surface area contributed by atoms with E-state index in [1.54, 1.807) is 13.0 Å². The van der Waals surface area contributed by atoms with Crippen LogP contribution < -0.4 is 5.32 Å². The van der Waals surface area contributed by atoms with E-state index in [2.05, 4.69) is 5.32 Å². The Kier molecular flexibility index (Phi) is 5.64. The Morgan fingerprint density at radius 1 is 1.45 bits per heavy atom. The van der Waals surface area contributed by atoms with Crippen molar-refractivity contribution < 1.29 is 19.6 Å². The number of aliphatic carboxylic acids is 1. The summed E-state index contributed by atoms with van der Waals surface area (Å²) in [5.74, 6) is -1.93. The molecule has 7 nitrogen and oxygen atoms in total. The lowest BCUT2D eigenvalue weighted by Gasteiger charge is -2.11. The van der Waals surface area contributed by atoms with Gasteiger partial charge in [0.05, 0.1) is 17.3 Å². The number of rotatable bonds is 7. The molecule has 0 heterocycles. The number of carbonyl (C=O) groups is 2. The van der Waals surface area contributed by atoms with Crippen LogP contribution in [0.4, 0.5) is 5.69 Å². The van der Waals surface area contributed by atoms with Crippen LogP contribution in [-0.2, 0) is 16.0 Å². The zero-order valence-corrected chi connectivity index (χ0v) is 11.0. The summed E-state index contributed by atoms with van der Waals surface area (Å²) in [6.07, 6.45) is 0.407. The van der Waals surface area contributed by atoms with Crippen LogP contribution in [0, 0.1) is 16.0 Å². The predicted octanol–water partition coefficient (Wildman–Crippen LogP) is 1.36. The van der Waals surface area contributed by atoms with E-state index in [-0.39, 0.29) is 24.6 Å². The minimum atomic E-state index is -0.955. The van der Waals surface area contributed by atoms with Gasteiger partial charge in [0.2, 0.25) is 5.91 Å². The van der Waals surface area contributed by atoms with Crippen molar-refractivity contribution in [2.24, 2.45) is 5.92 Å². The first kappa shape index (κ1) is 15.6. The maximum Gasteiger partial charge on any atom is 0.308 e. The smallest absolute Gasteiger partial charge is 0.308 e. The molecule has 7 heteroatoms. The first-order valence-corrected chi connectivity index (χ1v) is 6.16. The van der Waals surface area contributed by atoms with Gasteiger partial charge in [-0.25, -0.2) is 0 Å². The largest absolute Gasteiger partial charge is 0.481 e. The summed E-state index contributed by atoms with van der Waals surface area (Å²) in [5, 5.41) is 22.0. The van der Waals surface area contributed by atoms with Crippen LogP contribution in [-0.4, -0.2) is 28.5 Å². The summed E-state index contributed by atoms with van der Waals surface area (Å²) in [5.41, 5.74) is 0.437. The van der Waals surface area contributed by atoms with E-state index in [1.807, 2.05) is 0 Å². The SMILES string of the molecule is CCC(CNC(=O)Cc1cccc([N+](=O)[O-])c1)C(=O)O. The third-order valence-corrected chi connectivity index (χ3v) is 2.87. The quantitative estimate of drug-likeness (QED) is 0.579. The number of hydrogen-bond donors (Lipinski definition) is 2. The highest BCUT2D eigenvalue weighted by Crippen LogP contribution is 2.13. The molecular weight excluding hydrogens is 264 g/mol. The fourth-order valence-electron chi connectivity index (χ4n) is 1.67. The Bertz CT molecular complexity index is 515. The molecule has 0 saturated carbocycles. The number of nitro groups is 1. The van der Waals surface area contributed by atoms with Crippen LogP contribution in [0.1, 0.15) is 18.9 Å². The molecule has 1 aromatic rings. The van der Waals surface area contributed by atoms with Crippen molar-refractivity contribution in [1.29, 1.82) is 0 Å². The molecule has 0 saturated heterocycles. The summed E-state index contributed by atoms with van der Waals surface area (Å²) in [6.45, 7) is 1.78. The van der Waals surface area contributed by atoms with Crippen molar-refractivity contribution in [1.82, 2.24) is 5.32 Å². The van der Waals surface area contributed by atoms with Crippen molar-refractivity contribution in [2.45, 2.75) is 19.8 Å². The number of carboxylic acid groups (broad SMARTS) is 1. The lowest BCUT2D eigenvalue weighted by atomic mass is 10.1. The minimum Gasteiger partial charge on any atom is -0.481 e. The summed E-state index contributed by atoms with van der Waals surface area (Å²) >= 11 is 0. The molecule has 0 spiro atoms. The standard InChI is InChI=1S/C13H16N2O5/c1-2-10(13(17)18)8-14-12(16)7-9-4-3-5-11(6-9)15(19)20/h3-6,10H,2,7-8H2,1H3,(H,14,16)(H,17,18). The predicted molar refractivity (Wildman–Crippen MR) is 71.2 cm³/mol. The molecule has 0 fully saturated rings. The molecule has 0 radical (unpaired) electrons. The van der Waals surface area contributed by atoms with Crippen molar-refractivity contribution in [2.75, 3.05) is 6.54 Å². The Hall–Kier alpha value is -2.44. The fraction of sp³-hybridized carbons (Fsp3) is 0.385. The normalized spacial score (nSPS) is 11.7. The first-order valence-electron chi connectivity index (χ1n) is 6.16. The van der Waals surface area contributed by atoms with Gasteiger partial charge in [-0.2, -0.15) is 0 Å². The lowest BCUT2D eigenvalue weighted by molar-refractivity contribution is -0.384. The topological polar surface area (TPSA) is 110 Å². The summed E-state index contributed by atoms with van der Waals surface area (Å²) < 4.78 is 0. The van der Waals surface area contributed by atoms with E-state index in [4.69, 9.17) is 5.11 Å². The summed E-state index contributed by atoms with van der Waals surface area (Å²) in [6, 6.07) is 5.79. The molecule has 0 aliphatic heterocycles. The highest BCUT2D eigenvalue weighted by Gasteiger charge is 2.16. The molecule has 20 heavy (non-hydrogen) atoms. The number of amides is 1. The number of benzene rings is 1. The van der Waals surface area contributed by atoms with E-state index in [9.17, 15) is 19.7 Å². The van der Waals surface area contributed by atoms with Gasteiger partial charge in [-0.3, -0.25) is 19.7 Å². The molecule has 1 amide bonds. The number of nitrogens with one attached hydrogen (secondary N) is 1. The second-order valence-corrected chi connectivity index (χ2v) is 4.35. The Balaban J connectivity index is 2.56. The van der Waals surface area contributed by atoms with Gasteiger partial charge in [-0.05, 0) is 12.0 Å². The Morgan fingerprint density at radius 2 is 2.15 bits per heavy atom. The molecule has 1 unspecified atom stereocenters. The number of hydrogen-bond acceptors (Lipinski definition) is 4. The number of carboxylic acids is 1. The Labute approximate surface area is 115 Å². The van der Waals surface area contributed by atoms with E-state index in [1.165, 1.54) is 18.2 Å². The number of nitrogens with zero attached hydrogens (tertiary/aromatic N) is 1. The maximum absolute atomic E-state index is 11.7. The second-order valence-electron chi connectivity index (χ2n) is 4.35. The molecule has 0 bridgehead atoms. The van der Waals surface area contributed by atoms with Crippen LogP contribution in [0.15, 0.2) is 24.3 Å². The van der Waals surface area contributed by atoms with Gasteiger partial charge in [0.25, 0.3) is 5.69 Å². The van der Waals surface area contributed by atoms with Crippen LogP contribution >= 0.6 is 0 Å². The molecule has 2 N–H and O–H groups in total. The van der Waals surface area contributed by atoms with E-state index in [0.29, 0.717) is 12.0 Å². The maximum atomic E-state index is 11.7. The van der Waals surface area contributed by atoms with E-state index < -0.39 is 16.8 Å². The molecule has 1 aromatic carbocycles. The molecule has 1 rings (SSSR count). The monoisotopic (exact) mass is 280 g/mol. The zero-order chi connectivity index (χ0) is 15.1. The molecule has 0 aliphatic rings. The third-order valence-electron chi connectivity index (χ3n) is 2.87. The van der Waals surface area contributed by atoms with Crippen molar-refractivity contribution >= 4 is 17.6 Å². The van der Waals surface area contributed by atoms with Gasteiger partial charge >= 0.3 is 5.97 Å². The average molecular weight is 280 g/mol. The van der Waals surface area contributed by atoms with E-state index >= 15 is 0 Å². The summed E-state index contributed by atoms with van der Waals surface area (Å²) in [4.78, 5) is 32.5. The van der Waals surface area contributed by atoms with Gasteiger partial charge in [0.15, 0.2) is 0 Å². The second kappa shape index (κ2) is 7.22. The van der Waals surface area contributed by atoms with Crippen LogP contribution in [0.5, 0.6) is 0 Å². The molecule has 0 aliphatic carbocycles. The Morgan fingerprint density at radius 3 is 2.70 bits per heavy atom. The number of non-ortho nitro benzene ring substituents is 1. The molecule has 1 atom stereocenters. The van der Waals surface area contributed by atoms with Gasteiger partial charge in [0, 0.05) is 18.7 Å².